The van der Waals surface area contributed by atoms with Crippen LogP contribution in [-0.2, 0) is 4.74 Å². The van der Waals surface area contributed by atoms with E-state index in [9.17, 15) is 4.79 Å². The SMILES string of the molecule is CC(C)(C)OC(=O)N1C2CCC1C(c1cncc(-c3ccncc3)c1)C2. The van der Waals surface area contributed by atoms with Crippen molar-refractivity contribution in [3.8, 4) is 11.1 Å². The highest BCUT2D eigenvalue weighted by atomic mass is 16.6. The highest BCUT2D eigenvalue weighted by Crippen LogP contribution is 2.47. The van der Waals surface area contributed by atoms with Crippen molar-refractivity contribution in [2.75, 3.05) is 0 Å². The zero-order valence-corrected chi connectivity index (χ0v) is 15.6. The van der Waals surface area contributed by atoms with Crippen LogP contribution in [0.1, 0.15) is 51.5 Å². The van der Waals surface area contributed by atoms with Gasteiger partial charge in [-0.25, -0.2) is 4.79 Å². The number of ether oxygens (including phenoxy) is 1. The zero-order chi connectivity index (χ0) is 18.3. The lowest BCUT2D eigenvalue weighted by Crippen LogP contribution is -2.40. The summed E-state index contributed by atoms with van der Waals surface area (Å²) in [5.74, 6) is 0.329. The second kappa shape index (κ2) is 6.38. The van der Waals surface area contributed by atoms with Crippen LogP contribution >= 0.6 is 0 Å². The Bertz CT molecular complexity index is 800. The molecule has 136 valence electrons. The van der Waals surface area contributed by atoms with E-state index in [1.165, 1.54) is 5.56 Å². The van der Waals surface area contributed by atoms with Gasteiger partial charge in [-0.1, -0.05) is 0 Å². The van der Waals surface area contributed by atoms with Crippen LogP contribution < -0.4 is 0 Å². The van der Waals surface area contributed by atoms with Crippen LogP contribution in [0.15, 0.2) is 43.0 Å². The Morgan fingerprint density at radius 1 is 1.12 bits per heavy atom. The van der Waals surface area contributed by atoms with E-state index in [0.717, 1.165) is 30.4 Å². The molecule has 0 saturated carbocycles. The number of carbonyl (C=O) groups excluding carboxylic acids is 1. The van der Waals surface area contributed by atoms with Gasteiger partial charge in [-0.15, -0.1) is 0 Å². The molecule has 1 amide bonds. The maximum Gasteiger partial charge on any atom is 0.410 e. The normalized spacial score (nSPS) is 24.7. The lowest BCUT2D eigenvalue weighted by atomic mass is 9.84. The van der Waals surface area contributed by atoms with Crippen LogP contribution in [0.3, 0.4) is 0 Å². The van der Waals surface area contributed by atoms with Crippen molar-refractivity contribution >= 4 is 6.09 Å². The number of aromatic nitrogens is 2. The topological polar surface area (TPSA) is 55.3 Å². The van der Waals surface area contributed by atoms with Gasteiger partial charge in [0, 0.05) is 48.4 Å². The highest BCUT2D eigenvalue weighted by Gasteiger charge is 2.50. The minimum Gasteiger partial charge on any atom is -0.444 e. The first-order valence-corrected chi connectivity index (χ1v) is 9.29. The molecular formula is C21H25N3O2. The van der Waals surface area contributed by atoms with Crippen molar-refractivity contribution in [1.29, 1.82) is 0 Å². The molecule has 2 saturated heterocycles. The Hall–Kier alpha value is -2.43. The molecule has 2 aromatic rings. The summed E-state index contributed by atoms with van der Waals surface area (Å²) in [5, 5.41) is 0. The number of rotatable bonds is 2. The number of carbonyl (C=O) groups is 1. The molecule has 4 rings (SSSR count). The summed E-state index contributed by atoms with van der Waals surface area (Å²) in [6.07, 6.45) is 10.3. The molecule has 2 aliphatic rings. The number of amides is 1. The van der Waals surface area contributed by atoms with Crippen LogP contribution in [0.2, 0.25) is 0 Å². The molecule has 0 aromatic carbocycles. The van der Waals surface area contributed by atoms with Crippen LogP contribution in [0.4, 0.5) is 4.79 Å². The molecule has 2 aromatic heterocycles. The minimum absolute atomic E-state index is 0.175. The fourth-order valence-electron chi connectivity index (χ4n) is 4.31. The van der Waals surface area contributed by atoms with Crippen LogP contribution in [0.5, 0.6) is 0 Å². The van der Waals surface area contributed by atoms with Crippen LogP contribution in [0.25, 0.3) is 11.1 Å². The monoisotopic (exact) mass is 351 g/mol. The van der Waals surface area contributed by atoms with Crippen LogP contribution in [-0.4, -0.2) is 38.6 Å². The third kappa shape index (κ3) is 3.18. The van der Waals surface area contributed by atoms with Crippen molar-refractivity contribution in [1.82, 2.24) is 14.9 Å². The number of fused-ring (bicyclic) bond motifs is 2. The predicted molar refractivity (Wildman–Crippen MR) is 99.7 cm³/mol. The van der Waals surface area contributed by atoms with Gasteiger partial charge in [0.2, 0.25) is 0 Å². The largest absolute Gasteiger partial charge is 0.444 e. The van der Waals surface area contributed by atoms with Crippen molar-refractivity contribution < 1.29 is 9.53 Å². The molecule has 2 fully saturated rings. The van der Waals surface area contributed by atoms with Crippen LogP contribution in [0, 0.1) is 0 Å². The van der Waals surface area contributed by atoms with Gasteiger partial charge < -0.3 is 9.64 Å². The van der Waals surface area contributed by atoms with E-state index in [2.05, 4.69) is 16.0 Å². The Morgan fingerprint density at radius 3 is 2.62 bits per heavy atom. The number of hydrogen-bond acceptors (Lipinski definition) is 4. The summed E-state index contributed by atoms with van der Waals surface area (Å²) >= 11 is 0. The number of pyridine rings is 2. The highest BCUT2D eigenvalue weighted by molar-refractivity contribution is 5.70. The quantitative estimate of drug-likeness (QED) is 0.805. The third-order valence-electron chi connectivity index (χ3n) is 5.34. The molecule has 0 N–H and O–H groups in total. The first-order chi connectivity index (χ1) is 12.4. The molecule has 2 bridgehead atoms. The average Bonchev–Trinajstić information content (AvgIpc) is 3.19. The first kappa shape index (κ1) is 17.0. The van der Waals surface area contributed by atoms with Gasteiger partial charge in [-0.3, -0.25) is 9.97 Å². The summed E-state index contributed by atoms with van der Waals surface area (Å²) in [5.41, 5.74) is 2.95. The maximum absolute atomic E-state index is 12.7. The lowest BCUT2D eigenvalue weighted by molar-refractivity contribution is 0.0213. The minimum atomic E-state index is -0.461. The van der Waals surface area contributed by atoms with Crippen molar-refractivity contribution in [3.63, 3.8) is 0 Å². The summed E-state index contributed by atoms with van der Waals surface area (Å²) in [4.78, 5) is 23.2. The molecule has 0 radical (unpaired) electrons. The Morgan fingerprint density at radius 2 is 1.88 bits per heavy atom. The number of hydrogen-bond donors (Lipinski definition) is 0. The maximum atomic E-state index is 12.7. The van der Waals surface area contributed by atoms with Gasteiger partial charge in [0.1, 0.15) is 5.60 Å². The summed E-state index contributed by atoms with van der Waals surface area (Å²) < 4.78 is 5.64. The molecule has 0 aliphatic carbocycles. The predicted octanol–water partition coefficient (Wildman–Crippen LogP) is 4.40. The van der Waals surface area contributed by atoms with E-state index in [-0.39, 0.29) is 18.2 Å². The second-order valence-corrected chi connectivity index (χ2v) is 8.27. The van der Waals surface area contributed by atoms with Gasteiger partial charge in [-0.2, -0.15) is 0 Å². The van der Waals surface area contributed by atoms with E-state index < -0.39 is 5.60 Å². The van der Waals surface area contributed by atoms with E-state index in [1.807, 2.05) is 50.2 Å². The fraction of sp³-hybridized carbons (Fsp3) is 0.476. The summed E-state index contributed by atoms with van der Waals surface area (Å²) in [7, 11) is 0. The lowest BCUT2D eigenvalue weighted by Gasteiger charge is -2.28. The average molecular weight is 351 g/mol. The van der Waals surface area contributed by atoms with E-state index in [1.54, 1.807) is 12.4 Å². The zero-order valence-electron chi connectivity index (χ0n) is 15.6. The van der Waals surface area contributed by atoms with Crippen molar-refractivity contribution in [2.24, 2.45) is 0 Å². The van der Waals surface area contributed by atoms with E-state index >= 15 is 0 Å². The fourth-order valence-corrected chi connectivity index (χ4v) is 4.31. The Labute approximate surface area is 154 Å². The van der Waals surface area contributed by atoms with Gasteiger partial charge in [-0.05, 0) is 69.4 Å². The van der Waals surface area contributed by atoms with E-state index in [0.29, 0.717) is 5.92 Å². The molecule has 5 heteroatoms. The van der Waals surface area contributed by atoms with Gasteiger partial charge in [0.25, 0.3) is 0 Å². The van der Waals surface area contributed by atoms with Gasteiger partial charge in [0.15, 0.2) is 0 Å². The summed E-state index contributed by atoms with van der Waals surface area (Å²) in [6.45, 7) is 5.76. The Balaban J connectivity index is 1.58. The van der Waals surface area contributed by atoms with Crippen molar-refractivity contribution in [2.45, 2.75) is 63.6 Å². The standard InChI is InChI=1S/C21H25N3O2/c1-21(2,3)26-20(25)24-17-4-5-19(24)18(11-17)16-10-15(12-23-13-16)14-6-8-22-9-7-14/h6-10,12-13,17-19H,4-5,11H2,1-3H3. The molecule has 5 nitrogen and oxygen atoms in total. The number of nitrogens with zero attached hydrogens (tertiary/aromatic N) is 3. The van der Waals surface area contributed by atoms with E-state index in [4.69, 9.17) is 4.74 Å². The molecule has 26 heavy (non-hydrogen) atoms. The molecule has 0 spiro atoms. The molecule has 3 atom stereocenters. The molecule has 2 aliphatic heterocycles. The second-order valence-electron chi connectivity index (χ2n) is 8.27. The smallest absolute Gasteiger partial charge is 0.410 e. The Kier molecular flexibility index (Phi) is 4.17. The van der Waals surface area contributed by atoms with Gasteiger partial charge in [0.05, 0.1) is 0 Å². The summed E-state index contributed by atoms with van der Waals surface area (Å²) in [6, 6.07) is 6.69. The molecular weight excluding hydrogens is 326 g/mol. The molecule has 4 heterocycles. The third-order valence-corrected chi connectivity index (χ3v) is 5.34. The first-order valence-electron chi connectivity index (χ1n) is 9.29. The van der Waals surface area contributed by atoms with Gasteiger partial charge >= 0.3 is 6.09 Å². The van der Waals surface area contributed by atoms with Crippen molar-refractivity contribution in [3.05, 3.63) is 48.5 Å². The molecule has 3 unspecified atom stereocenters.